The van der Waals surface area contributed by atoms with Crippen molar-refractivity contribution < 1.29 is 17.9 Å². The molecule has 0 radical (unpaired) electrons. The number of nitrogens with zero attached hydrogens (tertiary/aromatic N) is 1. The Morgan fingerprint density at radius 1 is 1.21 bits per heavy atom. The maximum Gasteiger partial charge on any atom is 0.337 e. The summed E-state index contributed by atoms with van der Waals surface area (Å²) in [5, 5.41) is 7.48. The zero-order valence-corrected chi connectivity index (χ0v) is 13.8. The van der Waals surface area contributed by atoms with Crippen LogP contribution in [0.5, 0.6) is 0 Å². The molecule has 0 amide bonds. The Bertz CT molecular complexity index is 1020. The zero-order valence-electron chi connectivity index (χ0n) is 13.0. The first-order chi connectivity index (χ1) is 11.4. The number of hydrogen-bond acceptors (Lipinski definition) is 5. The predicted molar refractivity (Wildman–Crippen MR) is 89.4 cm³/mol. The highest BCUT2D eigenvalue weighted by Crippen LogP contribution is 2.23. The normalized spacial score (nSPS) is 11.4. The van der Waals surface area contributed by atoms with Crippen LogP contribution in [0.2, 0.25) is 0 Å². The van der Waals surface area contributed by atoms with Gasteiger partial charge in [0.1, 0.15) is 0 Å². The first-order valence-corrected chi connectivity index (χ1v) is 8.54. The molecule has 24 heavy (non-hydrogen) atoms. The number of hydrogen-bond donors (Lipinski definition) is 2. The Balaban J connectivity index is 1.99. The van der Waals surface area contributed by atoms with Gasteiger partial charge in [-0.3, -0.25) is 9.82 Å². The quantitative estimate of drug-likeness (QED) is 0.707. The summed E-state index contributed by atoms with van der Waals surface area (Å²) >= 11 is 0. The SMILES string of the molecule is COC(=O)c1ccc(C)c(S(=O)(=O)Nc2ccc3[nH]ncc3c2)c1. The van der Waals surface area contributed by atoms with E-state index in [1.165, 1.54) is 19.2 Å². The van der Waals surface area contributed by atoms with E-state index in [9.17, 15) is 13.2 Å². The van der Waals surface area contributed by atoms with Gasteiger partial charge in [0.05, 0.1) is 29.3 Å². The number of ether oxygens (including phenoxy) is 1. The van der Waals surface area contributed by atoms with Crippen molar-refractivity contribution in [2.24, 2.45) is 0 Å². The third-order valence-corrected chi connectivity index (χ3v) is 5.11. The van der Waals surface area contributed by atoms with Crippen LogP contribution >= 0.6 is 0 Å². The summed E-state index contributed by atoms with van der Waals surface area (Å²) in [5.74, 6) is -0.591. The van der Waals surface area contributed by atoms with Gasteiger partial charge in [0.15, 0.2) is 0 Å². The molecule has 0 aliphatic carbocycles. The Hall–Kier alpha value is -2.87. The highest BCUT2D eigenvalue weighted by Gasteiger charge is 2.19. The molecule has 124 valence electrons. The predicted octanol–water partition coefficient (Wildman–Crippen LogP) is 2.46. The lowest BCUT2D eigenvalue weighted by Crippen LogP contribution is -2.15. The third-order valence-electron chi connectivity index (χ3n) is 3.59. The van der Waals surface area contributed by atoms with Gasteiger partial charge in [0, 0.05) is 11.1 Å². The molecule has 2 N–H and O–H groups in total. The molecule has 0 aliphatic rings. The van der Waals surface area contributed by atoms with Crippen LogP contribution in [-0.2, 0) is 14.8 Å². The third kappa shape index (κ3) is 2.95. The minimum atomic E-state index is -3.85. The van der Waals surface area contributed by atoms with Crippen LogP contribution in [0.3, 0.4) is 0 Å². The van der Waals surface area contributed by atoms with Gasteiger partial charge in [0.25, 0.3) is 10.0 Å². The fourth-order valence-electron chi connectivity index (χ4n) is 2.35. The summed E-state index contributed by atoms with van der Waals surface area (Å²) in [4.78, 5) is 11.7. The molecule has 0 atom stereocenters. The van der Waals surface area contributed by atoms with E-state index in [0.29, 0.717) is 11.3 Å². The monoisotopic (exact) mass is 345 g/mol. The van der Waals surface area contributed by atoms with Crippen molar-refractivity contribution in [3.05, 3.63) is 53.7 Å². The molecule has 7 nitrogen and oxygen atoms in total. The molecule has 3 aromatic rings. The van der Waals surface area contributed by atoms with E-state index >= 15 is 0 Å². The summed E-state index contributed by atoms with van der Waals surface area (Å²) in [7, 11) is -2.60. The van der Waals surface area contributed by atoms with Gasteiger partial charge in [-0.2, -0.15) is 5.10 Å². The number of aryl methyl sites for hydroxylation is 1. The molecule has 8 heteroatoms. The molecular weight excluding hydrogens is 330 g/mol. The van der Waals surface area contributed by atoms with Crippen molar-refractivity contribution in [1.29, 1.82) is 0 Å². The lowest BCUT2D eigenvalue weighted by Gasteiger charge is -2.11. The van der Waals surface area contributed by atoms with Crippen molar-refractivity contribution >= 4 is 32.6 Å². The highest BCUT2D eigenvalue weighted by atomic mass is 32.2. The summed E-state index contributed by atoms with van der Waals surface area (Å²) < 4.78 is 32.5. The second kappa shape index (κ2) is 5.97. The average Bonchev–Trinajstić information content (AvgIpc) is 3.01. The zero-order chi connectivity index (χ0) is 17.3. The number of methoxy groups -OCH3 is 1. The second-order valence-corrected chi connectivity index (χ2v) is 6.90. The van der Waals surface area contributed by atoms with Crippen molar-refractivity contribution in [1.82, 2.24) is 10.2 Å². The number of H-pyrrole nitrogens is 1. The largest absolute Gasteiger partial charge is 0.465 e. The molecule has 1 heterocycles. The van der Waals surface area contributed by atoms with Gasteiger partial charge in [-0.1, -0.05) is 6.07 Å². The van der Waals surface area contributed by atoms with Gasteiger partial charge in [-0.25, -0.2) is 13.2 Å². The summed E-state index contributed by atoms with van der Waals surface area (Å²) in [6.07, 6.45) is 1.61. The fourth-order valence-corrected chi connectivity index (χ4v) is 3.67. The van der Waals surface area contributed by atoms with Gasteiger partial charge in [-0.15, -0.1) is 0 Å². The van der Waals surface area contributed by atoms with Crippen molar-refractivity contribution in [2.45, 2.75) is 11.8 Å². The number of anilines is 1. The van der Waals surface area contributed by atoms with E-state index in [1.807, 2.05) is 0 Å². The molecule has 0 fully saturated rings. The second-order valence-electron chi connectivity index (χ2n) is 5.25. The van der Waals surface area contributed by atoms with Crippen molar-refractivity contribution in [3.63, 3.8) is 0 Å². The highest BCUT2D eigenvalue weighted by molar-refractivity contribution is 7.92. The number of fused-ring (bicyclic) bond motifs is 1. The molecule has 0 bridgehead atoms. The number of aromatic amines is 1. The van der Waals surface area contributed by atoms with E-state index in [1.54, 1.807) is 37.4 Å². The van der Waals surface area contributed by atoms with E-state index in [4.69, 9.17) is 0 Å². The molecule has 1 aromatic heterocycles. The molecular formula is C16H15N3O4S. The van der Waals surface area contributed by atoms with Crippen LogP contribution in [0.1, 0.15) is 15.9 Å². The standard InChI is InChI=1S/C16H15N3O4S/c1-10-3-4-11(16(20)23-2)8-15(10)24(21,22)19-13-5-6-14-12(7-13)9-17-18-14/h3-9,19H,1-2H3,(H,17,18). The maximum atomic E-state index is 12.7. The Kier molecular flexibility index (Phi) is 3.98. The van der Waals surface area contributed by atoms with Gasteiger partial charge in [-0.05, 0) is 42.8 Å². The first kappa shape index (κ1) is 16.0. The van der Waals surface area contributed by atoms with Gasteiger partial charge >= 0.3 is 5.97 Å². The molecule has 0 saturated carbocycles. The molecule has 0 spiro atoms. The van der Waals surface area contributed by atoms with Crippen LogP contribution in [0.25, 0.3) is 10.9 Å². The summed E-state index contributed by atoms with van der Waals surface area (Å²) in [6, 6.07) is 9.45. The Morgan fingerprint density at radius 3 is 2.75 bits per heavy atom. The Morgan fingerprint density at radius 2 is 2.00 bits per heavy atom. The lowest BCUT2D eigenvalue weighted by molar-refractivity contribution is 0.0600. The van der Waals surface area contributed by atoms with Crippen LogP contribution in [0.4, 0.5) is 5.69 Å². The number of carbonyl (C=O) groups excluding carboxylic acids is 1. The lowest BCUT2D eigenvalue weighted by atomic mass is 10.1. The van der Waals surface area contributed by atoms with Crippen LogP contribution in [0.15, 0.2) is 47.5 Å². The number of carbonyl (C=O) groups is 1. The molecule has 3 rings (SSSR count). The number of aromatic nitrogens is 2. The van der Waals surface area contributed by atoms with E-state index < -0.39 is 16.0 Å². The maximum absolute atomic E-state index is 12.7. The molecule has 0 saturated heterocycles. The fraction of sp³-hybridized carbons (Fsp3) is 0.125. The first-order valence-electron chi connectivity index (χ1n) is 7.05. The topological polar surface area (TPSA) is 101 Å². The van der Waals surface area contributed by atoms with Crippen LogP contribution < -0.4 is 4.72 Å². The van der Waals surface area contributed by atoms with Gasteiger partial charge in [0.2, 0.25) is 0 Å². The molecule has 0 unspecified atom stereocenters. The minimum absolute atomic E-state index is 0.0256. The number of nitrogens with one attached hydrogen (secondary N) is 2. The van der Waals surface area contributed by atoms with E-state index in [2.05, 4.69) is 19.7 Å². The van der Waals surface area contributed by atoms with Crippen LogP contribution in [-0.4, -0.2) is 31.7 Å². The number of esters is 1. The van der Waals surface area contributed by atoms with Crippen molar-refractivity contribution in [2.75, 3.05) is 11.8 Å². The van der Waals surface area contributed by atoms with E-state index in [-0.39, 0.29) is 10.5 Å². The molecule has 2 aromatic carbocycles. The number of rotatable bonds is 4. The smallest absolute Gasteiger partial charge is 0.337 e. The van der Waals surface area contributed by atoms with Gasteiger partial charge < -0.3 is 4.74 Å². The van der Waals surface area contributed by atoms with E-state index in [0.717, 1.165) is 10.9 Å². The average molecular weight is 345 g/mol. The summed E-state index contributed by atoms with van der Waals surface area (Å²) in [5.41, 5.74) is 1.92. The van der Waals surface area contributed by atoms with Crippen LogP contribution in [0, 0.1) is 6.92 Å². The minimum Gasteiger partial charge on any atom is -0.465 e. The number of benzene rings is 2. The number of sulfonamides is 1. The summed E-state index contributed by atoms with van der Waals surface area (Å²) in [6.45, 7) is 1.66. The Labute approximate surface area is 138 Å². The van der Waals surface area contributed by atoms with Crippen molar-refractivity contribution in [3.8, 4) is 0 Å². The molecule has 0 aliphatic heterocycles.